The average molecular weight is 359 g/mol. The predicted octanol–water partition coefficient (Wildman–Crippen LogP) is 2.46. The molecule has 1 aliphatic rings. The number of ketones is 1. The quantitative estimate of drug-likeness (QED) is 0.742. The Labute approximate surface area is 151 Å². The van der Waals surface area contributed by atoms with Gasteiger partial charge in [0.15, 0.2) is 17.5 Å². The number of thiazole rings is 1. The normalized spacial score (nSPS) is 14.4. The molecule has 7 heteroatoms. The summed E-state index contributed by atoms with van der Waals surface area (Å²) < 4.78 is 5.56. The lowest BCUT2D eigenvalue weighted by Crippen LogP contribution is -2.50. The smallest absolute Gasteiger partial charge is 0.260 e. The molecule has 0 aliphatic carbocycles. The second-order valence-corrected chi connectivity index (χ2v) is 6.65. The van der Waals surface area contributed by atoms with Gasteiger partial charge in [0.05, 0.1) is 0 Å². The molecule has 0 atom stereocenters. The Balaban J connectivity index is 1.46. The molecule has 1 amide bonds. The second-order valence-electron chi connectivity index (χ2n) is 5.77. The maximum Gasteiger partial charge on any atom is 0.260 e. The van der Waals surface area contributed by atoms with E-state index in [1.54, 1.807) is 41.8 Å². The first-order valence-corrected chi connectivity index (χ1v) is 9.23. The maximum atomic E-state index is 12.3. The lowest BCUT2D eigenvalue weighted by atomic mass is 10.1. The van der Waals surface area contributed by atoms with Gasteiger partial charge in [-0.2, -0.15) is 0 Å². The zero-order valence-corrected chi connectivity index (χ0v) is 15.0. The number of anilines is 1. The highest BCUT2D eigenvalue weighted by Gasteiger charge is 2.22. The molecule has 0 saturated carbocycles. The summed E-state index contributed by atoms with van der Waals surface area (Å²) in [5, 5.41) is 2.96. The fourth-order valence-electron chi connectivity index (χ4n) is 2.70. The van der Waals surface area contributed by atoms with Crippen molar-refractivity contribution in [1.29, 1.82) is 0 Å². The summed E-state index contributed by atoms with van der Waals surface area (Å²) in [4.78, 5) is 32.2. The summed E-state index contributed by atoms with van der Waals surface area (Å²) in [5.41, 5.74) is 0.666. The number of hydrogen-bond donors (Lipinski definition) is 0. The Morgan fingerprint density at radius 3 is 2.48 bits per heavy atom. The van der Waals surface area contributed by atoms with Gasteiger partial charge in [0, 0.05) is 49.7 Å². The van der Waals surface area contributed by atoms with Crippen LogP contribution in [0.25, 0.3) is 0 Å². The van der Waals surface area contributed by atoms with E-state index in [2.05, 4.69) is 9.88 Å². The van der Waals surface area contributed by atoms with Crippen LogP contribution in [0, 0.1) is 0 Å². The number of hydrogen-bond acceptors (Lipinski definition) is 6. The first kappa shape index (κ1) is 17.4. The molecular formula is C18H21N3O3S. The minimum atomic E-state index is -0.0208. The number of rotatable bonds is 6. The van der Waals surface area contributed by atoms with Crippen LogP contribution in [0.15, 0.2) is 35.8 Å². The molecule has 6 nitrogen and oxygen atoms in total. The number of benzene rings is 1. The number of carbonyl (C=O) groups excluding carboxylic acids is 2. The van der Waals surface area contributed by atoms with Gasteiger partial charge in [-0.15, -0.1) is 11.3 Å². The molecule has 3 rings (SSSR count). The Morgan fingerprint density at radius 2 is 1.88 bits per heavy atom. The monoisotopic (exact) mass is 359 g/mol. The highest BCUT2D eigenvalue weighted by atomic mass is 32.1. The standard InChI is InChI=1S/C18H21N3O3S/c1-2-16(22)14-3-5-15(6-4-14)24-13-17(23)20-8-10-21(11-9-20)18-19-7-12-25-18/h3-7,12H,2,8-11,13H2,1H3. The van der Waals surface area contributed by atoms with Gasteiger partial charge < -0.3 is 14.5 Å². The van der Waals surface area contributed by atoms with Crippen LogP contribution in [0.2, 0.25) is 0 Å². The molecule has 1 aromatic carbocycles. The Bertz CT molecular complexity index is 708. The SMILES string of the molecule is CCC(=O)c1ccc(OCC(=O)N2CCN(c3nccs3)CC2)cc1. The molecule has 132 valence electrons. The molecular weight excluding hydrogens is 338 g/mol. The number of nitrogens with zero attached hydrogens (tertiary/aromatic N) is 3. The van der Waals surface area contributed by atoms with E-state index in [0.29, 0.717) is 30.8 Å². The van der Waals surface area contributed by atoms with Gasteiger partial charge in [-0.05, 0) is 24.3 Å². The lowest BCUT2D eigenvalue weighted by Gasteiger charge is -2.34. The minimum absolute atomic E-state index is 0.0122. The van der Waals surface area contributed by atoms with Crippen LogP contribution >= 0.6 is 11.3 Å². The number of piperazine rings is 1. The highest BCUT2D eigenvalue weighted by Crippen LogP contribution is 2.19. The largest absolute Gasteiger partial charge is 0.484 e. The van der Waals surface area contributed by atoms with Crippen molar-refractivity contribution in [2.24, 2.45) is 0 Å². The van der Waals surface area contributed by atoms with Gasteiger partial charge in [0.1, 0.15) is 5.75 Å². The number of Topliss-reactive ketones (excluding diaryl/α,β-unsaturated/α-hetero) is 1. The highest BCUT2D eigenvalue weighted by molar-refractivity contribution is 7.13. The van der Waals surface area contributed by atoms with E-state index >= 15 is 0 Å². The second kappa shape index (κ2) is 8.11. The van der Waals surface area contributed by atoms with E-state index in [1.807, 2.05) is 17.2 Å². The fourth-order valence-corrected chi connectivity index (χ4v) is 3.39. The number of aromatic nitrogens is 1. The van der Waals surface area contributed by atoms with E-state index in [9.17, 15) is 9.59 Å². The van der Waals surface area contributed by atoms with Crippen molar-refractivity contribution in [2.75, 3.05) is 37.7 Å². The molecule has 0 bridgehead atoms. The third-order valence-electron chi connectivity index (χ3n) is 4.18. The van der Waals surface area contributed by atoms with Crippen LogP contribution in [0.3, 0.4) is 0 Å². The van der Waals surface area contributed by atoms with Crippen molar-refractivity contribution in [3.05, 3.63) is 41.4 Å². The van der Waals surface area contributed by atoms with Gasteiger partial charge in [-0.3, -0.25) is 9.59 Å². The van der Waals surface area contributed by atoms with Crippen LogP contribution in [-0.2, 0) is 4.79 Å². The van der Waals surface area contributed by atoms with Crippen LogP contribution < -0.4 is 9.64 Å². The summed E-state index contributed by atoms with van der Waals surface area (Å²) in [6.45, 7) is 4.76. The zero-order valence-electron chi connectivity index (χ0n) is 14.2. The first-order valence-electron chi connectivity index (χ1n) is 8.35. The van der Waals surface area contributed by atoms with Gasteiger partial charge in [-0.25, -0.2) is 4.98 Å². The van der Waals surface area contributed by atoms with Crippen LogP contribution in [-0.4, -0.2) is 54.4 Å². The molecule has 1 saturated heterocycles. The van der Waals surface area contributed by atoms with Gasteiger partial charge in [0.2, 0.25) is 0 Å². The van der Waals surface area contributed by atoms with Gasteiger partial charge >= 0.3 is 0 Å². The van der Waals surface area contributed by atoms with E-state index in [4.69, 9.17) is 4.74 Å². The van der Waals surface area contributed by atoms with E-state index in [0.717, 1.165) is 18.2 Å². The Hall–Kier alpha value is -2.41. The Kier molecular flexibility index (Phi) is 5.65. The molecule has 0 unspecified atom stereocenters. The molecule has 0 radical (unpaired) electrons. The summed E-state index contributed by atoms with van der Waals surface area (Å²) in [7, 11) is 0. The topological polar surface area (TPSA) is 62.7 Å². The molecule has 2 heterocycles. The van der Waals surface area contributed by atoms with Crippen molar-refractivity contribution in [3.8, 4) is 5.75 Å². The summed E-state index contributed by atoms with van der Waals surface area (Å²) in [5.74, 6) is 0.677. The first-order chi connectivity index (χ1) is 12.2. The minimum Gasteiger partial charge on any atom is -0.484 e. The number of ether oxygens (including phenoxy) is 1. The molecule has 1 aromatic heterocycles. The average Bonchev–Trinajstić information content (AvgIpc) is 3.21. The van der Waals surface area contributed by atoms with Crippen molar-refractivity contribution in [1.82, 2.24) is 9.88 Å². The van der Waals surface area contributed by atoms with E-state index < -0.39 is 0 Å². The summed E-state index contributed by atoms with van der Waals surface area (Å²) >= 11 is 1.61. The number of carbonyl (C=O) groups is 2. The van der Waals surface area contributed by atoms with Gasteiger partial charge in [0.25, 0.3) is 5.91 Å². The number of amides is 1. The van der Waals surface area contributed by atoms with Crippen LogP contribution in [0.1, 0.15) is 23.7 Å². The molecule has 0 N–H and O–H groups in total. The van der Waals surface area contributed by atoms with E-state index in [1.165, 1.54) is 0 Å². The Morgan fingerprint density at radius 1 is 1.16 bits per heavy atom. The van der Waals surface area contributed by atoms with Crippen molar-refractivity contribution in [2.45, 2.75) is 13.3 Å². The van der Waals surface area contributed by atoms with Crippen LogP contribution in [0.4, 0.5) is 5.13 Å². The predicted molar refractivity (Wildman–Crippen MR) is 97.5 cm³/mol. The van der Waals surface area contributed by atoms with Crippen molar-refractivity contribution < 1.29 is 14.3 Å². The zero-order chi connectivity index (χ0) is 17.6. The fraction of sp³-hybridized carbons (Fsp3) is 0.389. The summed E-state index contributed by atoms with van der Waals surface area (Å²) in [6, 6.07) is 6.93. The lowest BCUT2D eigenvalue weighted by molar-refractivity contribution is -0.133. The van der Waals surface area contributed by atoms with Crippen molar-refractivity contribution in [3.63, 3.8) is 0 Å². The molecule has 1 aliphatic heterocycles. The third kappa shape index (κ3) is 4.36. The van der Waals surface area contributed by atoms with Gasteiger partial charge in [-0.1, -0.05) is 6.92 Å². The maximum absolute atomic E-state index is 12.3. The molecule has 1 fully saturated rings. The molecule has 25 heavy (non-hydrogen) atoms. The summed E-state index contributed by atoms with van der Waals surface area (Å²) in [6.07, 6.45) is 2.27. The van der Waals surface area contributed by atoms with Crippen molar-refractivity contribution >= 4 is 28.2 Å². The third-order valence-corrected chi connectivity index (χ3v) is 5.01. The van der Waals surface area contributed by atoms with E-state index in [-0.39, 0.29) is 18.3 Å². The van der Waals surface area contributed by atoms with Crippen LogP contribution in [0.5, 0.6) is 5.75 Å². The molecule has 2 aromatic rings. The molecule has 0 spiro atoms.